The van der Waals surface area contributed by atoms with Crippen LogP contribution in [0.5, 0.6) is 0 Å². The zero-order valence-electron chi connectivity index (χ0n) is 10.1. The first-order valence-corrected chi connectivity index (χ1v) is 5.57. The Morgan fingerprint density at radius 3 is 2.06 bits per heavy atom. The van der Waals surface area contributed by atoms with Gasteiger partial charge < -0.3 is 20.2 Å². The number of aliphatic carboxylic acids is 1. The molecule has 0 radical (unpaired) electrons. The minimum Gasteiger partial charge on any atom is -0.481 e. The second-order valence-electron chi connectivity index (χ2n) is 5.34. The molecule has 1 amide bonds. The molecule has 98 valence electrons. The van der Waals surface area contributed by atoms with Gasteiger partial charge in [-0.05, 0) is 5.41 Å². The van der Waals surface area contributed by atoms with Crippen molar-refractivity contribution in [2.45, 2.75) is 38.9 Å². The van der Waals surface area contributed by atoms with E-state index in [0.717, 1.165) is 0 Å². The molecule has 0 bridgehead atoms. The standard InChI is InChI=1S/C11H19NO5/c1-11(2,4-10(16)17)3-9(15)12-5-7(13)8(14)6-12/h7-8,13-14H,3-6H2,1-2H3,(H,16,17). The molecule has 0 aromatic rings. The Labute approximate surface area is 99.8 Å². The Balaban J connectivity index is 2.52. The van der Waals surface area contributed by atoms with Crippen molar-refractivity contribution in [1.29, 1.82) is 0 Å². The normalized spacial score (nSPS) is 25.1. The van der Waals surface area contributed by atoms with Crippen LogP contribution in [0.4, 0.5) is 0 Å². The number of β-amino-alcohol motifs (C(OH)–C–C–N with tert-alkyl or cyclic N) is 2. The van der Waals surface area contributed by atoms with Gasteiger partial charge in [-0.2, -0.15) is 0 Å². The summed E-state index contributed by atoms with van der Waals surface area (Å²) in [5, 5.41) is 27.4. The zero-order valence-corrected chi connectivity index (χ0v) is 10.1. The lowest BCUT2D eigenvalue weighted by Gasteiger charge is -2.25. The summed E-state index contributed by atoms with van der Waals surface area (Å²) in [4.78, 5) is 23.8. The molecule has 0 aromatic carbocycles. The lowest BCUT2D eigenvalue weighted by atomic mass is 9.85. The molecule has 3 N–H and O–H groups in total. The largest absolute Gasteiger partial charge is 0.481 e. The number of aliphatic hydroxyl groups is 2. The number of rotatable bonds is 4. The number of carboxylic acids is 1. The fraction of sp³-hybridized carbons (Fsp3) is 0.818. The van der Waals surface area contributed by atoms with E-state index in [4.69, 9.17) is 5.11 Å². The fourth-order valence-corrected chi connectivity index (χ4v) is 1.97. The highest BCUT2D eigenvalue weighted by molar-refractivity contribution is 5.78. The second kappa shape index (κ2) is 5.01. The van der Waals surface area contributed by atoms with Crippen LogP contribution in [0.15, 0.2) is 0 Å². The van der Waals surface area contributed by atoms with E-state index in [1.807, 2.05) is 0 Å². The number of hydrogen-bond donors (Lipinski definition) is 3. The molecule has 0 spiro atoms. The molecule has 2 unspecified atom stereocenters. The SMILES string of the molecule is CC(C)(CC(=O)O)CC(=O)N1CC(O)C(O)C1. The van der Waals surface area contributed by atoms with Gasteiger partial charge in [-0.1, -0.05) is 13.8 Å². The Bertz CT molecular complexity index is 305. The number of likely N-dealkylation sites (tertiary alicyclic amines) is 1. The van der Waals surface area contributed by atoms with Crippen LogP contribution in [0, 0.1) is 5.41 Å². The molecule has 1 rings (SSSR count). The Morgan fingerprint density at radius 2 is 1.65 bits per heavy atom. The summed E-state index contributed by atoms with van der Waals surface area (Å²) in [6.45, 7) is 3.65. The summed E-state index contributed by atoms with van der Waals surface area (Å²) in [6.07, 6.45) is -1.79. The third-order valence-electron chi connectivity index (χ3n) is 2.87. The summed E-state index contributed by atoms with van der Waals surface area (Å²) in [7, 11) is 0. The van der Waals surface area contributed by atoms with Gasteiger partial charge in [0.05, 0.1) is 18.6 Å². The highest BCUT2D eigenvalue weighted by atomic mass is 16.4. The van der Waals surface area contributed by atoms with Crippen LogP contribution in [-0.4, -0.2) is 57.4 Å². The first-order chi connectivity index (χ1) is 7.71. The average Bonchev–Trinajstić information content (AvgIpc) is 2.43. The Kier molecular flexibility index (Phi) is 4.11. The molecule has 1 aliphatic heterocycles. The molecule has 1 aliphatic rings. The smallest absolute Gasteiger partial charge is 0.303 e. The maximum Gasteiger partial charge on any atom is 0.303 e. The number of nitrogens with zero attached hydrogens (tertiary/aromatic N) is 1. The molecule has 17 heavy (non-hydrogen) atoms. The van der Waals surface area contributed by atoms with Crippen LogP contribution >= 0.6 is 0 Å². The van der Waals surface area contributed by atoms with Gasteiger partial charge >= 0.3 is 5.97 Å². The molecule has 1 fully saturated rings. The van der Waals surface area contributed by atoms with E-state index in [-0.39, 0.29) is 31.8 Å². The van der Waals surface area contributed by atoms with Gasteiger partial charge in [0, 0.05) is 19.5 Å². The maximum absolute atomic E-state index is 11.8. The average molecular weight is 245 g/mol. The van der Waals surface area contributed by atoms with Crippen LogP contribution in [0.2, 0.25) is 0 Å². The van der Waals surface area contributed by atoms with Crippen molar-refractivity contribution in [3.8, 4) is 0 Å². The summed E-state index contributed by atoms with van der Waals surface area (Å²) in [6, 6.07) is 0. The highest BCUT2D eigenvalue weighted by Crippen LogP contribution is 2.27. The number of carbonyl (C=O) groups excluding carboxylic acids is 1. The van der Waals surface area contributed by atoms with E-state index in [9.17, 15) is 19.8 Å². The van der Waals surface area contributed by atoms with E-state index in [2.05, 4.69) is 0 Å². The Morgan fingerprint density at radius 1 is 1.18 bits per heavy atom. The monoisotopic (exact) mass is 245 g/mol. The third-order valence-corrected chi connectivity index (χ3v) is 2.87. The summed E-state index contributed by atoms with van der Waals surface area (Å²) in [5.41, 5.74) is -0.624. The second-order valence-corrected chi connectivity index (χ2v) is 5.34. The van der Waals surface area contributed by atoms with Gasteiger partial charge in [0.1, 0.15) is 0 Å². The molecule has 6 heteroatoms. The lowest BCUT2D eigenvalue weighted by Crippen LogP contribution is -2.34. The van der Waals surface area contributed by atoms with Crippen molar-refractivity contribution in [2.75, 3.05) is 13.1 Å². The quantitative estimate of drug-likeness (QED) is 0.617. The first-order valence-electron chi connectivity index (χ1n) is 5.57. The van der Waals surface area contributed by atoms with Crippen molar-refractivity contribution in [3.63, 3.8) is 0 Å². The van der Waals surface area contributed by atoms with Crippen LogP contribution in [0.3, 0.4) is 0 Å². The van der Waals surface area contributed by atoms with Gasteiger partial charge in [0.15, 0.2) is 0 Å². The predicted octanol–water partition coefficient (Wildman–Crippen LogP) is -0.559. The predicted molar refractivity (Wildman–Crippen MR) is 59.2 cm³/mol. The van der Waals surface area contributed by atoms with E-state index in [1.54, 1.807) is 13.8 Å². The third kappa shape index (κ3) is 3.98. The summed E-state index contributed by atoms with van der Waals surface area (Å²) < 4.78 is 0. The number of aliphatic hydroxyl groups excluding tert-OH is 2. The topological polar surface area (TPSA) is 98.1 Å². The minimum atomic E-state index is -0.940. The molecule has 0 aromatic heterocycles. The van der Waals surface area contributed by atoms with E-state index < -0.39 is 23.6 Å². The molecule has 6 nitrogen and oxygen atoms in total. The molecule has 0 aliphatic carbocycles. The van der Waals surface area contributed by atoms with Crippen molar-refractivity contribution >= 4 is 11.9 Å². The van der Waals surface area contributed by atoms with Crippen molar-refractivity contribution < 1.29 is 24.9 Å². The maximum atomic E-state index is 11.8. The fourth-order valence-electron chi connectivity index (χ4n) is 1.97. The van der Waals surface area contributed by atoms with Gasteiger partial charge in [0.2, 0.25) is 5.91 Å². The van der Waals surface area contributed by atoms with Gasteiger partial charge in [0.25, 0.3) is 0 Å². The summed E-state index contributed by atoms with van der Waals surface area (Å²) >= 11 is 0. The van der Waals surface area contributed by atoms with Crippen LogP contribution < -0.4 is 0 Å². The van der Waals surface area contributed by atoms with Gasteiger partial charge in [-0.15, -0.1) is 0 Å². The van der Waals surface area contributed by atoms with Crippen LogP contribution in [0.1, 0.15) is 26.7 Å². The number of carboxylic acid groups (broad SMARTS) is 1. The molecule has 1 saturated heterocycles. The van der Waals surface area contributed by atoms with E-state index in [1.165, 1.54) is 4.90 Å². The van der Waals surface area contributed by atoms with E-state index >= 15 is 0 Å². The van der Waals surface area contributed by atoms with Gasteiger partial charge in [-0.25, -0.2) is 0 Å². The van der Waals surface area contributed by atoms with Crippen molar-refractivity contribution in [3.05, 3.63) is 0 Å². The number of amides is 1. The van der Waals surface area contributed by atoms with Crippen molar-refractivity contribution in [1.82, 2.24) is 4.90 Å². The summed E-state index contributed by atoms with van der Waals surface area (Å²) in [5.74, 6) is -1.17. The lowest BCUT2D eigenvalue weighted by molar-refractivity contribution is -0.140. The molecular formula is C11H19NO5. The number of hydrogen-bond acceptors (Lipinski definition) is 4. The first kappa shape index (κ1) is 13.9. The molecular weight excluding hydrogens is 226 g/mol. The Hall–Kier alpha value is -1.14. The van der Waals surface area contributed by atoms with E-state index in [0.29, 0.717) is 0 Å². The molecule has 0 saturated carbocycles. The van der Waals surface area contributed by atoms with Crippen LogP contribution in [0.25, 0.3) is 0 Å². The highest BCUT2D eigenvalue weighted by Gasteiger charge is 2.35. The molecule has 2 atom stereocenters. The number of carbonyl (C=O) groups is 2. The van der Waals surface area contributed by atoms with Gasteiger partial charge in [-0.3, -0.25) is 9.59 Å². The zero-order chi connectivity index (χ0) is 13.2. The minimum absolute atomic E-state index is 0.0856. The van der Waals surface area contributed by atoms with Crippen molar-refractivity contribution in [2.24, 2.45) is 5.41 Å². The molecule has 1 heterocycles. The van der Waals surface area contributed by atoms with Crippen LogP contribution in [-0.2, 0) is 9.59 Å².